The Morgan fingerprint density at radius 1 is 0.969 bits per heavy atom. The maximum Gasteiger partial charge on any atom is 0.252 e. The van der Waals surface area contributed by atoms with Gasteiger partial charge in [-0.3, -0.25) is 4.79 Å². The highest BCUT2D eigenvalue weighted by molar-refractivity contribution is 7.99. The Morgan fingerprint density at radius 2 is 1.66 bits per heavy atom. The molecule has 0 radical (unpaired) electrons. The van der Waals surface area contributed by atoms with Crippen LogP contribution < -0.4 is 14.9 Å². The Balaban J connectivity index is 1.53. The molecule has 1 amide bonds. The lowest BCUT2D eigenvalue weighted by molar-refractivity contribution is -0.120. The number of nitrogens with zero attached hydrogens (tertiary/aromatic N) is 1. The Labute approximate surface area is 193 Å². The fraction of sp³-hybridized carbons (Fsp3) is 0.231. The summed E-state index contributed by atoms with van der Waals surface area (Å²) in [5.41, 5.74) is 5.71. The lowest BCUT2D eigenvalue weighted by Crippen LogP contribution is -2.27. The number of rotatable bonds is 11. The molecule has 0 spiro atoms. The van der Waals surface area contributed by atoms with Crippen molar-refractivity contribution in [2.45, 2.75) is 31.5 Å². The van der Waals surface area contributed by atoms with Crippen molar-refractivity contribution < 1.29 is 14.3 Å². The fourth-order valence-corrected chi connectivity index (χ4v) is 3.70. The van der Waals surface area contributed by atoms with Gasteiger partial charge in [-0.2, -0.15) is 5.10 Å². The second kappa shape index (κ2) is 12.6. The molecule has 0 aliphatic carbocycles. The SMILES string of the molecule is CCOc1cc(/C=N\NC(=O)[C@@H](C)SCc2ccccc2)ccc1OCc1ccccc1. The van der Waals surface area contributed by atoms with Gasteiger partial charge in [0.1, 0.15) is 6.61 Å². The zero-order valence-electron chi connectivity index (χ0n) is 18.4. The van der Waals surface area contributed by atoms with E-state index in [2.05, 4.69) is 22.7 Å². The zero-order valence-corrected chi connectivity index (χ0v) is 19.2. The number of carbonyl (C=O) groups excluding carboxylic acids is 1. The standard InChI is InChI=1S/C26H28N2O3S/c1-3-30-25-16-23(14-15-24(25)31-18-21-10-6-4-7-11-21)17-27-28-26(29)20(2)32-19-22-12-8-5-9-13-22/h4-17,20H,3,18-19H2,1-2H3,(H,28,29)/b27-17-/t20-/m1/s1. The summed E-state index contributed by atoms with van der Waals surface area (Å²) in [6.45, 7) is 4.79. The minimum atomic E-state index is -0.208. The summed E-state index contributed by atoms with van der Waals surface area (Å²) in [4.78, 5) is 12.3. The topological polar surface area (TPSA) is 59.9 Å². The van der Waals surface area contributed by atoms with Gasteiger partial charge in [0.05, 0.1) is 18.1 Å². The van der Waals surface area contributed by atoms with Gasteiger partial charge < -0.3 is 9.47 Å². The molecule has 6 heteroatoms. The van der Waals surface area contributed by atoms with E-state index in [0.717, 1.165) is 16.9 Å². The van der Waals surface area contributed by atoms with E-state index < -0.39 is 0 Å². The van der Waals surface area contributed by atoms with Gasteiger partial charge in [-0.15, -0.1) is 11.8 Å². The first-order chi connectivity index (χ1) is 15.7. The van der Waals surface area contributed by atoms with Gasteiger partial charge in [-0.05, 0) is 48.7 Å². The monoisotopic (exact) mass is 448 g/mol. The van der Waals surface area contributed by atoms with Crippen LogP contribution in [0.25, 0.3) is 0 Å². The number of nitrogens with one attached hydrogen (secondary N) is 1. The van der Waals surface area contributed by atoms with Crippen LogP contribution in [0.2, 0.25) is 0 Å². The summed E-state index contributed by atoms with van der Waals surface area (Å²) in [6.07, 6.45) is 1.61. The van der Waals surface area contributed by atoms with E-state index in [9.17, 15) is 4.79 Å². The molecule has 0 bridgehead atoms. The van der Waals surface area contributed by atoms with Gasteiger partial charge in [0.15, 0.2) is 11.5 Å². The van der Waals surface area contributed by atoms with Gasteiger partial charge in [0, 0.05) is 5.75 Å². The molecule has 3 aromatic carbocycles. The van der Waals surface area contributed by atoms with E-state index in [1.54, 1.807) is 18.0 Å². The van der Waals surface area contributed by atoms with Crippen LogP contribution in [0.1, 0.15) is 30.5 Å². The number of hydrogen-bond acceptors (Lipinski definition) is 5. The molecule has 3 rings (SSSR count). The number of benzene rings is 3. The van der Waals surface area contributed by atoms with E-state index in [-0.39, 0.29) is 11.2 Å². The van der Waals surface area contributed by atoms with Crippen molar-refractivity contribution in [3.63, 3.8) is 0 Å². The fourth-order valence-electron chi connectivity index (χ4n) is 2.86. The van der Waals surface area contributed by atoms with Crippen molar-refractivity contribution in [2.24, 2.45) is 5.10 Å². The van der Waals surface area contributed by atoms with Gasteiger partial charge in [-0.1, -0.05) is 60.7 Å². The predicted octanol–water partition coefficient (Wildman–Crippen LogP) is 5.44. The second-order valence-electron chi connectivity index (χ2n) is 7.09. The van der Waals surface area contributed by atoms with Crippen molar-refractivity contribution in [3.05, 3.63) is 95.6 Å². The van der Waals surface area contributed by atoms with Crippen molar-refractivity contribution in [2.75, 3.05) is 6.61 Å². The molecule has 0 saturated heterocycles. The van der Waals surface area contributed by atoms with Crippen molar-refractivity contribution in [1.82, 2.24) is 5.43 Å². The first kappa shape index (κ1) is 23.4. The molecule has 1 N–H and O–H groups in total. The van der Waals surface area contributed by atoms with Crippen LogP contribution in [-0.2, 0) is 17.2 Å². The van der Waals surface area contributed by atoms with E-state index in [1.165, 1.54) is 5.56 Å². The molecular formula is C26H28N2O3S. The molecule has 0 aromatic heterocycles. The molecule has 166 valence electrons. The van der Waals surface area contributed by atoms with Gasteiger partial charge in [0.2, 0.25) is 0 Å². The highest BCUT2D eigenvalue weighted by Crippen LogP contribution is 2.29. The summed E-state index contributed by atoms with van der Waals surface area (Å²) in [5, 5.41) is 3.90. The largest absolute Gasteiger partial charge is 0.490 e. The highest BCUT2D eigenvalue weighted by Gasteiger charge is 2.12. The maximum atomic E-state index is 12.3. The third-order valence-electron chi connectivity index (χ3n) is 4.61. The van der Waals surface area contributed by atoms with Gasteiger partial charge in [0.25, 0.3) is 5.91 Å². The quantitative estimate of drug-likeness (QED) is 0.314. The number of amides is 1. The normalized spacial score (nSPS) is 11.8. The van der Waals surface area contributed by atoms with Crippen LogP contribution in [0.4, 0.5) is 0 Å². The summed E-state index contributed by atoms with van der Waals surface area (Å²) < 4.78 is 11.7. The van der Waals surface area contributed by atoms with E-state index in [4.69, 9.17) is 9.47 Å². The minimum absolute atomic E-state index is 0.130. The average Bonchev–Trinajstić information content (AvgIpc) is 2.83. The highest BCUT2D eigenvalue weighted by atomic mass is 32.2. The third kappa shape index (κ3) is 7.46. The van der Waals surface area contributed by atoms with Crippen LogP contribution >= 0.6 is 11.8 Å². The summed E-state index contributed by atoms with van der Waals surface area (Å²) in [7, 11) is 0. The Bertz CT molecular complexity index is 1010. The lowest BCUT2D eigenvalue weighted by Gasteiger charge is -2.13. The molecule has 3 aromatic rings. The maximum absolute atomic E-state index is 12.3. The van der Waals surface area contributed by atoms with Crippen LogP contribution in [0.5, 0.6) is 11.5 Å². The molecule has 0 fully saturated rings. The zero-order chi connectivity index (χ0) is 22.6. The number of carbonyl (C=O) groups is 1. The molecule has 5 nitrogen and oxygen atoms in total. The van der Waals surface area contributed by atoms with Crippen LogP contribution in [-0.4, -0.2) is 24.0 Å². The first-order valence-corrected chi connectivity index (χ1v) is 11.6. The van der Waals surface area contributed by atoms with E-state index in [0.29, 0.717) is 24.7 Å². The van der Waals surface area contributed by atoms with Crippen molar-refractivity contribution in [3.8, 4) is 11.5 Å². The molecule has 0 heterocycles. The van der Waals surface area contributed by atoms with Crippen molar-refractivity contribution >= 4 is 23.9 Å². The van der Waals surface area contributed by atoms with Crippen LogP contribution in [0, 0.1) is 0 Å². The number of ether oxygens (including phenoxy) is 2. The Morgan fingerprint density at radius 3 is 2.34 bits per heavy atom. The van der Waals surface area contributed by atoms with E-state index in [1.807, 2.05) is 80.6 Å². The summed E-state index contributed by atoms with van der Waals surface area (Å²) in [6, 6.07) is 25.7. The summed E-state index contributed by atoms with van der Waals surface area (Å²) in [5.74, 6) is 1.96. The number of thioether (sulfide) groups is 1. The summed E-state index contributed by atoms with van der Waals surface area (Å²) >= 11 is 1.58. The van der Waals surface area contributed by atoms with Gasteiger partial charge >= 0.3 is 0 Å². The molecule has 0 unspecified atom stereocenters. The van der Waals surface area contributed by atoms with E-state index >= 15 is 0 Å². The van der Waals surface area contributed by atoms with Crippen LogP contribution in [0.15, 0.2) is 84.0 Å². The van der Waals surface area contributed by atoms with Gasteiger partial charge in [-0.25, -0.2) is 5.43 Å². The lowest BCUT2D eigenvalue weighted by atomic mass is 10.2. The Kier molecular flexibility index (Phi) is 9.20. The average molecular weight is 449 g/mol. The molecule has 1 atom stereocenters. The Hall–Kier alpha value is -3.25. The van der Waals surface area contributed by atoms with Crippen molar-refractivity contribution in [1.29, 1.82) is 0 Å². The molecular weight excluding hydrogens is 420 g/mol. The first-order valence-electron chi connectivity index (χ1n) is 10.6. The molecule has 0 aliphatic heterocycles. The second-order valence-corrected chi connectivity index (χ2v) is 8.42. The third-order valence-corrected chi connectivity index (χ3v) is 5.82. The smallest absolute Gasteiger partial charge is 0.252 e. The predicted molar refractivity (Wildman–Crippen MR) is 131 cm³/mol. The van der Waals surface area contributed by atoms with Crippen LogP contribution in [0.3, 0.4) is 0 Å². The number of hydrazone groups is 1. The number of hydrogen-bond donors (Lipinski definition) is 1. The molecule has 0 saturated carbocycles. The minimum Gasteiger partial charge on any atom is -0.490 e. The molecule has 0 aliphatic rings. The molecule has 32 heavy (non-hydrogen) atoms.